The second-order valence-corrected chi connectivity index (χ2v) is 8.35. The Hall–Kier alpha value is -1.90. The molecule has 0 aromatic heterocycles. The molecule has 3 aliphatic rings. The van der Waals surface area contributed by atoms with Crippen LogP contribution in [0.25, 0.3) is 0 Å². The van der Waals surface area contributed by atoms with Gasteiger partial charge in [0.15, 0.2) is 5.96 Å². The van der Waals surface area contributed by atoms with Crippen molar-refractivity contribution < 1.29 is 9.59 Å². The van der Waals surface area contributed by atoms with Gasteiger partial charge in [0.25, 0.3) is 0 Å². The minimum absolute atomic E-state index is 0. The van der Waals surface area contributed by atoms with Gasteiger partial charge in [0.05, 0.1) is 11.8 Å². The lowest BCUT2D eigenvalue weighted by atomic mass is 9.85. The maximum Gasteiger partial charge on any atom is 0.233 e. The van der Waals surface area contributed by atoms with Gasteiger partial charge < -0.3 is 11.1 Å². The summed E-state index contributed by atoms with van der Waals surface area (Å²) in [5, 5.41) is 3.11. The molecule has 156 valence electrons. The quantitative estimate of drug-likeness (QED) is 0.154. The average Bonchev–Trinajstić information content (AvgIpc) is 3.34. The van der Waals surface area contributed by atoms with Crippen molar-refractivity contribution in [1.82, 2.24) is 4.90 Å². The Balaban J connectivity index is 0.00000240. The van der Waals surface area contributed by atoms with E-state index < -0.39 is 0 Å². The van der Waals surface area contributed by atoms with Crippen LogP contribution in [0.1, 0.15) is 38.2 Å². The summed E-state index contributed by atoms with van der Waals surface area (Å²) < 4.78 is 0. The summed E-state index contributed by atoms with van der Waals surface area (Å²) in [6.07, 6.45) is 5.82. The number of imide groups is 1. The normalized spacial score (nSPS) is 27.6. The molecule has 1 saturated carbocycles. The number of allylic oxidation sites excluding steroid dienone is 2. The molecule has 1 aliphatic heterocycles. The number of hydrogen-bond acceptors (Lipinski definition) is 3. The second kappa shape index (κ2) is 8.85. The number of aliphatic imine (C=N–C) groups is 1. The fourth-order valence-electron chi connectivity index (χ4n) is 4.78. The highest BCUT2D eigenvalue weighted by Gasteiger charge is 2.58. The highest BCUT2D eigenvalue weighted by Crippen LogP contribution is 2.52. The van der Waals surface area contributed by atoms with Crippen LogP contribution in [0, 0.1) is 23.7 Å². The van der Waals surface area contributed by atoms with E-state index in [1.54, 1.807) is 0 Å². The number of nitrogens with one attached hydrogen (secondary N) is 1. The lowest BCUT2D eigenvalue weighted by Crippen LogP contribution is -2.34. The summed E-state index contributed by atoms with van der Waals surface area (Å²) in [5.41, 5.74) is 8.13. The third-order valence-corrected chi connectivity index (χ3v) is 6.21. The number of amides is 2. The number of fused-ring (bicyclic) bond motifs is 5. The number of likely N-dealkylation sites (tertiary alicyclic amines) is 1. The van der Waals surface area contributed by atoms with Crippen molar-refractivity contribution in [1.29, 1.82) is 0 Å². The average molecular weight is 508 g/mol. The second-order valence-electron chi connectivity index (χ2n) is 8.35. The number of halogens is 1. The Labute approximate surface area is 189 Å². The fraction of sp³-hybridized carbons (Fsp3) is 0.500. The van der Waals surface area contributed by atoms with Crippen molar-refractivity contribution in [2.75, 3.05) is 18.4 Å². The molecule has 2 amide bonds. The van der Waals surface area contributed by atoms with Gasteiger partial charge in [-0.25, -0.2) is 0 Å². The van der Waals surface area contributed by atoms with E-state index >= 15 is 0 Å². The van der Waals surface area contributed by atoms with Gasteiger partial charge in [-0.1, -0.05) is 38.1 Å². The molecule has 4 atom stereocenters. The third-order valence-electron chi connectivity index (χ3n) is 6.21. The van der Waals surface area contributed by atoms with E-state index in [4.69, 9.17) is 5.73 Å². The summed E-state index contributed by atoms with van der Waals surface area (Å²) >= 11 is 0. The van der Waals surface area contributed by atoms with E-state index in [1.165, 1.54) is 10.5 Å². The number of nitrogens with zero attached hydrogens (tertiary/aromatic N) is 2. The highest BCUT2D eigenvalue weighted by molar-refractivity contribution is 14.0. The molecule has 1 aromatic rings. The molecule has 29 heavy (non-hydrogen) atoms. The third kappa shape index (κ3) is 4.20. The Morgan fingerprint density at radius 2 is 1.86 bits per heavy atom. The molecule has 4 unspecified atom stereocenters. The van der Waals surface area contributed by atoms with Gasteiger partial charge in [0.2, 0.25) is 11.8 Å². The maximum atomic E-state index is 12.6. The summed E-state index contributed by atoms with van der Waals surface area (Å²) in [6, 6.07) is 8.10. The molecule has 2 bridgehead atoms. The van der Waals surface area contributed by atoms with E-state index in [0.717, 1.165) is 12.1 Å². The first-order chi connectivity index (χ1) is 13.5. The van der Waals surface area contributed by atoms with Gasteiger partial charge in [-0.2, -0.15) is 0 Å². The van der Waals surface area contributed by atoms with Gasteiger partial charge in [-0.05, 0) is 48.3 Å². The zero-order chi connectivity index (χ0) is 19.8. The van der Waals surface area contributed by atoms with Crippen molar-refractivity contribution in [2.24, 2.45) is 34.4 Å². The predicted octanol–water partition coefficient (Wildman–Crippen LogP) is 3.35. The van der Waals surface area contributed by atoms with Crippen LogP contribution in [0.15, 0.2) is 41.4 Å². The summed E-state index contributed by atoms with van der Waals surface area (Å²) in [4.78, 5) is 31.1. The lowest BCUT2D eigenvalue weighted by molar-refractivity contribution is -0.140. The topological polar surface area (TPSA) is 87.8 Å². The number of carbonyl (C=O) groups excluding carboxylic acids is 2. The predicted molar refractivity (Wildman–Crippen MR) is 125 cm³/mol. The lowest BCUT2D eigenvalue weighted by Gasteiger charge is -2.16. The number of guanidine groups is 1. The zero-order valence-electron chi connectivity index (χ0n) is 16.9. The first-order valence-electron chi connectivity index (χ1n) is 10.2. The Kier molecular flexibility index (Phi) is 6.65. The van der Waals surface area contributed by atoms with E-state index in [9.17, 15) is 9.59 Å². The number of hydrogen-bond donors (Lipinski definition) is 2. The Morgan fingerprint density at radius 3 is 2.48 bits per heavy atom. The van der Waals surface area contributed by atoms with E-state index in [1.807, 2.05) is 12.1 Å². The van der Waals surface area contributed by atoms with Crippen LogP contribution in [0.3, 0.4) is 0 Å². The molecule has 2 fully saturated rings. The maximum absolute atomic E-state index is 12.6. The zero-order valence-corrected chi connectivity index (χ0v) is 19.2. The van der Waals surface area contributed by atoms with Crippen LogP contribution < -0.4 is 11.1 Å². The minimum Gasteiger partial charge on any atom is -0.370 e. The Bertz CT molecular complexity index is 821. The molecule has 1 heterocycles. The number of benzene rings is 1. The summed E-state index contributed by atoms with van der Waals surface area (Å²) in [7, 11) is 0. The van der Waals surface area contributed by atoms with Crippen molar-refractivity contribution >= 4 is 47.4 Å². The molecule has 6 nitrogen and oxygen atoms in total. The summed E-state index contributed by atoms with van der Waals surface area (Å²) in [5.74, 6) is 1.09. The van der Waals surface area contributed by atoms with Gasteiger partial charge in [0, 0.05) is 18.8 Å². The van der Waals surface area contributed by atoms with Crippen molar-refractivity contribution in [3.63, 3.8) is 0 Å². The standard InChI is InChI=1S/C22H28N4O2.HI/c1-13(2)14-5-3-6-17(12-14)25-22(23)24-9-4-10-26-20(27)18-15-7-8-16(11-15)19(18)21(26)28;/h3,5-8,12-13,15-16,18-19H,4,9-11H2,1-2H3,(H3,23,24,25);1H. The van der Waals surface area contributed by atoms with Crippen LogP contribution in [-0.2, 0) is 9.59 Å². The van der Waals surface area contributed by atoms with Crippen LogP contribution in [0.5, 0.6) is 0 Å². The van der Waals surface area contributed by atoms with Gasteiger partial charge in [-0.15, -0.1) is 24.0 Å². The molecule has 4 rings (SSSR count). The van der Waals surface area contributed by atoms with Crippen molar-refractivity contribution in [2.45, 2.75) is 32.6 Å². The monoisotopic (exact) mass is 508 g/mol. The minimum atomic E-state index is -0.119. The van der Waals surface area contributed by atoms with Crippen LogP contribution in [0.4, 0.5) is 5.69 Å². The molecule has 0 radical (unpaired) electrons. The smallest absolute Gasteiger partial charge is 0.233 e. The highest BCUT2D eigenvalue weighted by atomic mass is 127. The largest absolute Gasteiger partial charge is 0.370 e. The molecule has 3 N–H and O–H groups in total. The summed E-state index contributed by atoms with van der Waals surface area (Å²) in [6.45, 7) is 5.18. The number of nitrogens with two attached hydrogens (primary N) is 1. The van der Waals surface area contributed by atoms with E-state index in [2.05, 4.69) is 48.4 Å². The first kappa shape index (κ1) is 21.8. The number of rotatable bonds is 6. The molecule has 2 aliphatic carbocycles. The number of anilines is 1. The van der Waals surface area contributed by atoms with Gasteiger partial charge in [0.1, 0.15) is 0 Å². The van der Waals surface area contributed by atoms with Crippen LogP contribution >= 0.6 is 24.0 Å². The molecule has 1 aromatic carbocycles. The number of carbonyl (C=O) groups is 2. The van der Waals surface area contributed by atoms with Crippen molar-refractivity contribution in [3.8, 4) is 0 Å². The molecule has 7 heteroatoms. The van der Waals surface area contributed by atoms with E-state index in [-0.39, 0.29) is 59.5 Å². The van der Waals surface area contributed by atoms with Crippen LogP contribution in [0.2, 0.25) is 0 Å². The molecular weight excluding hydrogens is 479 g/mol. The first-order valence-corrected chi connectivity index (χ1v) is 10.2. The molecular formula is C22H29IN4O2. The van der Waals surface area contributed by atoms with Gasteiger partial charge >= 0.3 is 0 Å². The SMILES string of the molecule is CC(C)c1cccc(NC(N)=NCCCN2C(=O)C3C4C=CC(C4)C3C2=O)c1.I. The molecule has 1 saturated heterocycles. The van der Waals surface area contributed by atoms with Crippen molar-refractivity contribution in [3.05, 3.63) is 42.0 Å². The fourth-order valence-corrected chi connectivity index (χ4v) is 4.78. The van der Waals surface area contributed by atoms with Crippen LogP contribution in [-0.4, -0.2) is 35.8 Å². The van der Waals surface area contributed by atoms with E-state index in [0.29, 0.717) is 31.4 Å². The molecule has 0 spiro atoms. The Morgan fingerprint density at radius 1 is 1.21 bits per heavy atom. The van der Waals surface area contributed by atoms with Gasteiger partial charge in [-0.3, -0.25) is 19.5 Å².